The number of benzene rings is 3. The second-order valence-corrected chi connectivity index (χ2v) is 14.5. The maximum absolute atomic E-state index is 14.1. The average Bonchev–Trinajstić information content (AvgIpc) is 3.64. The van der Waals surface area contributed by atoms with Crippen LogP contribution >= 0.6 is 0 Å². The molecule has 8 amide bonds. The minimum Gasteiger partial charge on any atom is -0.508 e. The Labute approximate surface area is 359 Å². The van der Waals surface area contributed by atoms with E-state index in [1.165, 1.54) is 24.3 Å². The highest BCUT2D eigenvalue weighted by atomic mass is 16.4. The lowest BCUT2D eigenvalue weighted by Crippen LogP contribution is -2.61. The third-order valence-corrected chi connectivity index (χ3v) is 9.59. The summed E-state index contributed by atoms with van der Waals surface area (Å²) in [4.78, 5) is 120. The number of carbonyl (C=O) groups is 9. The van der Waals surface area contributed by atoms with Crippen LogP contribution in [0.1, 0.15) is 36.5 Å². The molecule has 0 saturated heterocycles. The van der Waals surface area contributed by atoms with Crippen LogP contribution in [0.2, 0.25) is 0 Å². The number of carboxylic acids is 1. The van der Waals surface area contributed by atoms with Gasteiger partial charge >= 0.3 is 5.97 Å². The molecule has 0 bridgehead atoms. The third kappa shape index (κ3) is 14.7. The van der Waals surface area contributed by atoms with Crippen molar-refractivity contribution in [3.05, 3.63) is 102 Å². The number of amides is 8. The summed E-state index contributed by atoms with van der Waals surface area (Å²) in [5.74, 6) is -9.55. The van der Waals surface area contributed by atoms with Crippen molar-refractivity contribution in [1.82, 2.24) is 36.9 Å². The molecule has 0 aliphatic heterocycles. The normalized spacial score (nSPS) is 13.7. The van der Waals surface area contributed by atoms with Crippen LogP contribution in [0, 0.1) is 0 Å². The molecule has 21 nitrogen and oxygen atoms in total. The van der Waals surface area contributed by atoms with Gasteiger partial charge < -0.3 is 63.7 Å². The number of aromatic amines is 1. The lowest BCUT2D eigenvalue weighted by molar-refractivity contribution is -0.142. The highest BCUT2D eigenvalue weighted by Crippen LogP contribution is 2.20. The summed E-state index contributed by atoms with van der Waals surface area (Å²) < 4.78 is 0. The molecule has 1 aromatic heterocycles. The first-order valence-corrected chi connectivity index (χ1v) is 19.5. The predicted molar refractivity (Wildman–Crippen MR) is 224 cm³/mol. The summed E-state index contributed by atoms with van der Waals surface area (Å²) in [6, 6.07) is 11.3. The van der Waals surface area contributed by atoms with E-state index < -0.39 is 109 Å². The maximum Gasteiger partial charge on any atom is 0.326 e. The van der Waals surface area contributed by atoms with E-state index in [9.17, 15) is 58.5 Å². The SMILES string of the molecule is CC(=O)N[C@@H](Cc1ccc(O)cc1)C(=O)N[C@@H](CC(N)=O)C(=O)N[C@@H](Cc1c[nH]c2ccccc12)C(=O)N[C@@H](CC(N)=O)C(=O)N[C@@H](CO)C(=O)N[C@@H](Cc1ccccc1)C(=O)O. The summed E-state index contributed by atoms with van der Waals surface area (Å²) >= 11 is 0. The summed E-state index contributed by atoms with van der Waals surface area (Å²) in [5, 5.41) is 44.2. The minimum atomic E-state index is -1.82. The molecule has 1 heterocycles. The summed E-state index contributed by atoms with van der Waals surface area (Å²) in [6.45, 7) is 0.126. The number of rotatable bonds is 23. The zero-order valence-corrected chi connectivity index (χ0v) is 34.0. The van der Waals surface area contributed by atoms with Crippen molar-refractivity contribution < 1.29 is 58.5 Å². The Morgan fingerprint density at radius 2 is 1.00 bits per heavy atom. The number of carboxylic acid groups (broad SMARTS) is 1. The molecule has 0 spiro atoms. The second kappa shape index (κ2) is 22.7. The molecule has 21 heteroatoms. The van der Waals surface area contributed by atoms with E-state index in [4.69, 9.17) is 11.5 Å². The quantitative estimate of drug-likeness (QED) is 0.0373. The van der Waals surface area contributed by atoms with Crippen LogP contribution in [0.5, 0.6) is 5.75 Å². The maximum atomic E-state index is 14.1. The van der Waals surface area contributed by atoms with Gasteiger partial charge in [-0.05, 0) is 34.9 Å². The second-order valence-electron chi connectivity index (χ2n) is 14.5. The molecule has 4 aromatic rings. The number of phenolic OH excluding ortho intramolecular Hbond substituents is 1. The number of aromatic hydroxyl groups is 1. The van der Waals surface area contributed by atoms with E-state index in [2.05, 4.69) is 36.9 Å². The van der Waals surface area contributed by atoms with Gasteiger partial charge in [0.15, 0.2) is 0 Å². The topological polar surface area (TPSA) is 354 Å². The number of nitrogens with two attached hydrogens (primary N) is 2. The Morgan fingerprint density at radius 1 is 0.556 bits per heavy atom. The van der Waals surface area contributed by atoms with Crippen molar-refractivity contribution in [3.63, 3.8) is 0 Å². The highest BCUT2D eigenvalue weighted by Gasteiger charge is 2.35. The highest BCUT2D eigenvalue weighted by molar-refractivity contribution is 5.99. The number of primary amides is 2. The van der Waals surface area contributed by atoms with Crippen molar-refractivity contribution in [2.24, 2.45) is 11.5 Å². The fourth-order valence-corrected chi connectivity index (χ4v) is 6.48. The Hall–Kier alpha value is -7.81. The minimum absolute atomic E-state index is 0.0483. The molecule has 14 N–H and O–H groups in total. The van der Waals surface area contributed by atoms with E-state index in [-0.39, 0.29) is 25.0 Å². The molecule has 4 rings (SSSR count). The van der Waals surface area contributed by atoms with Crippen LogP contribution in [0.4, 0.5) is 0 Å². The van der Waals surface area contributed by atoms with Gasteiger partial charge in [-0.25, -0.2) is 4.79 Å². The lowest BCUT2D eigenvalue weighted by Gasteiger charge is -2.27. The Balaban J connectivity index is 1.58. The van der Waals surface area contributed by atoms with Gasteiger partial charge in [0.1, 0.15) is 42.0 Å². The van der Waals surface area contributed by atoms with Crippen molar-refractivity contribution in [1.29, 1.82) is 0 Å². The van der Waals surface area contributed by atoms with Gasteiger partial charge in [0.25, 0.3) is 0 Å². The van der Waals surface area contributed by atoms with Crippen molar-refractivity contribution in [2.45, 2.75) is 75.3 Å². The number of aliphatic hydroxyl groups is 1. The lowest BCUT2D eigenvalue weighted by atomic mass is 10.0. The van der Waals surface area contributed by atoms with E-state index in [1.54, 1.807) is 60.8 Å². The van der Waals surface area contributed by atoms with Gasteiger partial charge in [-0.3, -0.25) is 38.4 Å². The number of hydrogen-bond donors (Lipinski definition) is 12. The molecule has 334 valence electrons. The molecule has 0 aliphatic rings. The number of aliphatic carboxylic acids is 1. The zero-order chi connectivity index (χ0) is 46.2. The van der Waals surface area contributed by atoms with Gasteiger partial charge in [-0.2, -0.15) is 0 Å². The molecule has 0 aliphatic carbocycles. The molecule has 63 heavy (non-hydrogen) atoms. The van der Waals surface area contributed by atoms with Crippen LogP contribution in [0.25, 0.3) is 10.9 Å². The van der Waals surface area contributed by atoms with Crippen LogP contribution in [0.3, 0.4) is 0 Å². The monoisotopic (exact) mass is 871 g/mol. The van der Waals surface area contributed by atoms with Gasteiger partial charge in [0.05, 0.1) is 19.4 Å². The summed E-state index contributed by atoms with van der Waals surface area (Å²) in [7, 11) is 0. The number of phenols is 1. The predicted octanol–water partition coefficient (Wildman–Crippen LogP) is -2.34. The van der Waals surface area contributed by atoms with E-state index in [1.807, 2.05) is 0 Å². The third-order valence-electron chi connectivity index (χ3n) is 9.59. The van der Waals surface area contributed by atoms with E-state index >= 15 is 0 Å². The Morgan fingerprint density at radius 3 is 1.54 bits per heavy atom. The number of fused-ring (bicyclic) bond motifs is 1. The Kier molecular flexibility index (Phi) is 17.2. The van der Waals surface area contributed by atoms with Crippen LogP contribution in [-0.4, -0.2) is 116 Å². The fourth-order valence-electron chi connectivity index (χ4n) is 6.48. The van der Waals surface area contributed by atoms with Crippen molar-refractivity contribution in [3.8, 4) is 5.75 Å². The largest absolute Gasteiger partial charge is 0.508 e. The van der Waals surface area contributed by atoms with E-state index in [0.717, 1.165) is 6.92 Å². The van der Waals surface area contributed by atoms with Crippen molar-refractivity contribution >= 4 is 64.1 Å². The van der Waals surface area contributed by atoms with Gasteiger partial charge in [-0.1, -0.05) is 60.7 Å². The first-order valence-electron chi connectivity index (χ1n) is 19.5. The van der Waals surface area contributed by atoms with Gasteiger partial charge in [0, 0.05) is 43.3 Å². The van der Waals surface area contributed by atoms with Crippen LogP contribution in [0.15, 0.2) is 85.1 Å². The Bertz CT molecular complexity index is 2300. The zero-order valence-electron chi connectivity index (χ0n) is 34.0. The van der Waals surface area contributed by atoms with Crippen molar-refractivity contribution in [2.75, 3.05) is 6.61 Å². The van der Waals surface area contributed by atoms with Gasteiger partial charge in [-0.15, -0.1) is 0 Å². The number of carbonyl (C=O) groups excluding carboxylic acids is 8. The molecular formula is C42H49N9O12. The molecule has 3 aromatic carbocycles. The fraction of sp³-hybridized carbons (Fsp3) is 0.310. The van der Waals surface area contributed by atoms with Crippen LogP contribution in [-0.2, 0) is 62.4 Å². The number of hydrogen-bond acceptors (Lipinski definition) is 11. The van der Waals surface area contributed by atoms with Crippen LogP contribution < -0.4 is 43.4 Å². The number of aromatic nitrogens is 1. The van der Waals surface area contributed by atoms with Gasteiger partial charge in [0.2, 0.25) is 47.3 Å². The number of nitrogens with one attached hydrogen (secondary N) is 7. The number of aliphatic hydroxyl groups excluding tert-OH is 1. The summed E-state index contributed by atoms with van der Waals surface area (Å²) in [5.41, 5.74) is 13.1. The average molecular weight is 872 g/mol. The summed E-state index contributed by atoms with van der Waals surface area (Å²) in [6.07, 6.45) is -0.574. The first-order chi connectivity index (χ1) is 29.9. The molecule has 6 atom stereocenters. The first kappa shape index (κ1) is 47.9. The number of H-pyrrole nitrogens is 1. The molecule has 0 fully saturated rings. The molecule has 0 radical (unpaired) electrons. The molecule has 0 saturated carbocycles. The smallest absolute Gasteiger partial charge is 0.326 e. The number of para-hydroxylation sites is 1. The standard InChI is InChI=1S/C42H49N9O12/c1-22(53)46-29(15-24-11-13-26(54)14-12-24)37(57)48-31(18-35(43)55)39(59)47-30(17-25-20-45-28-10-6-5-9-27(25)28)38(58)49-32(19-36(44)56)40(60)51-34(21-52)41(61)50-33(42(62)63)16-23-7-3-2-4-8-23/h2-14,20,29-34,45,52,54H,15-19,21H2,1H3,(H2,43,55)(H2,44,56)(H,46,53)(H,47,59)(H,48,57)(H,49,58)(H,50,61)(H,51,60)(H,62,63)/t29-,30-,31-,32-,33-,34-/m0/s1. The molecular weight excluding hydrogens is 823 g/mol. The van der Waals surface area contributed by atoms with E-state index in [0.29, 0.717) is 27.6 Å². The molecule has 0 unspecified atom stereocenters.